The number of hydrogen-bond acceptors (Lipinski definition) is 3. The Hall–Kier alpha value is -2.14. The van der Waals surface area contributed by atoms with E-state index in [1.807, 2.05) is 23.0 Å². The maximum absolute atomic E-state index is 11.9. The summed E-state index contributed by atoms with van der Waals surface area (Å²) in [4.78, 5) is 11.9. The van der Waals surface area contributed by atoms with E-state index in [-0.39, 0.29) is 5.91 Å². The van der Waals surface area contributed by atoms with Crippen molar-refractivity contribution in [3.63, 3.8) is 0 Å². The molecule has 2 N–H and O–H groups in total. The number of carbonyl (C=O) groups is 1. The summed E-state index contributed by atoms with van der Waals surface area (Å²) >= 11 is 0. The highest BCUT2D eigenvalue weighted by Gasteiger charge is 2.17. The van der Waals surface area contributed by atoms with Crippen LogP contribution in [0.1, 0.15) is 24.0 Å². The summed E-state index contributed by atoms with van der Waals surface area (Å²) < 4.78 is 1.84. The van der Waals surface area contributed by atoms with Crippen LogP contribution in [0.3, 0.4) is 0 Å². The van der Waals surface area contributed by atoms with Gasteiger partial charge in [0.1, 0.15) is 0 Å². The summed E-state index contributed by atoms with van der Waals surface area (Å²) in [5, 5.41) is 10.6. The molecule has 3 rings (SSSR count). The predicted octanol–water partition coefficient (Wildman–Crippen LogP) is 1.80. The predicted molar refractivity (Wildman–Crippen MR) is 85.7 cm³/mol. The Bertz CT molecular complexity index is 644. The van der Waals surface area contributed by atoms with Crippen LogP contribution in [-0.2, 0) is 11.3 Å². The van der Waals surface area contributed by atoms with Crippen LogP contribution < -0.4 is 10.6 Å². The van der Waals surface area contributed by atoms with E-state index >= 15 is 0 Å². The number of benzene rings is 1. The van der Waals surface area contributed by atoms with Gasteiger partial charge in [-0.15, -0.1) is 0 Å². The lowest BCUT2D eigenvalue weighted by atomic mass is 10.0. The molecule has 1 aliphatic heterocycles. The topological polar surface area (TPSA) is 59.0 Å². The number of nitrogens with one attached hydrogen (secondary N) is 2. The van der Waals surface area contributed by atoms with Gasteiger partial charge in [-0.05, 0) is 50.0 Å². The molecule has 2 heterocycles. The van der Waals surface area contributed by atoms with Crippen LogP contribution in [0.25, 0.3) is 5.69 Å². The number of rotatable bonds is 5. The van der Waals surface area contributed by atoms with E-state index in [0.717, 1.165) is 30.8 Å². The molecule has 1 aliphatic rings. The van der Waals surface area contributed by atoms with Crippen molar-refractivity contribution in [2.75, 3.05) is 13.1 Å². The Morgan fingerprint density at radius 3 is 3.18 bits per heavy atom. The van der Waals surface area contributed by atoms with E-state index in [9.17, 15) is 4.79 Å². The lowest BCUT2D eigenvalue weighted by molar-refractivity contribution is -0.122. The van der Waals surface area contributed by atoms with Crippen molar-refractivity contribution in [1.29, 1.82) is 0 Å². The van der Waals surface area contributed by atoms with Gasteiger partial charge >= 0.3 is 0 Å². The Morgan fingerprint density at radius 1 is 1.50 bits per heavy atom. The smallest absolute Gasteiger partial charge is 0.220 e. The first-order valence-corrected chi connectivity index (χ1v) is 7.79. The van der Waals surface area contributed by atoms with Crippen molar-refractivity contribution in [3.8, 4) is 5.69 Å². The third-order valence-electron chi connectivity index (χ3n) is 4.03. The average Bonchev–Trinajstić information content (AvgIpc) is 3.16. The van der Waals surface area contributed by atoms with Crippen LogP contribution in [0.4, 0.5) is 0 Å². The van der Waals surface area contributed by atoms with Crippen molar-refractivity contribution in [2.45, 2.75) is 26.3 Å². The first kappa shape index (κ1) is 14.8. The molecule has 1 atom stereocenters. The summed E-state index contributed by atoms with van der Waals surface area (Å²) in [5.41, 5.74) is 3.25. The SMILES string of the molecule is Cc1cccc(-n2cc(CNC(=O)C[C@H]3CCNC3)cn2)c1. The van der Waals surface area contributed by atoms with E-state index in [1.165, 1.54) is 5.56 Å². The zero-order valence-corrected chi connectivity index (χ0v) is 12.9. The third kappa shape index (κ3) is 3.74. The molecule has 1 saturated heterocycles. The Morgan fingerprint density at radius 2 is 2.41 bits per heavy atom. The van der Waals surface area contributed by atoms with Crippen molar-refractivity contribution in [3.05, 3.63) is 47.8 Å². The second-order valence-electron chi connectivity index (χ2n) is 5.97. The van der Waals surface area contributed by atoms with E-state index in [4.69, 9.17) is 0 Å². The molecule has 0 bridgehead atoms. The fourth-order valence-electron chi connectivity index (χ4n) is 2.79. The molecule has 1 aromatic heterocycles. The lowest BCUT2D eigenvalue weighted by Crippen LogP contribution is -2.25. The van der Waals surface area contributed by atoms with Gasteiger partial charge in [-0.1, -0.05) is 12.1 Å². The number of hydrogen-bond donors (Lipinski definition) is 2. The molecule has 1 aromatic carbocycles. The minimum atomic E-state index is 0.122. The highest BCUT2D eigenvalue weighted by Crippen LogP contribution is 2.12. The number of nitrogens with zero attached hydrogens (tertiary/aromatic N) is 2. The van der Waals surface area contributed by atoms with Crippen molar-refractivity contribution in [2.24, 2.45) is 5.92 Å². The highest BCUT2D eigenvalue weighted by molar-refractivity contribution is 5.76. The molecular formula is C17H22N4O. The average molecular weight is 298 g/mol. The van der Waals surface area contributed by atoms with E-state index in [1.54, 1.807) is 6.20 Å². The normalized spacial score (nSPS) is 17.6. The van der Waals surface area contributed by atoms with Gasteiger partial charge in [-0.25, -0.2) is 4.68 Å². The molecule has 0 aliphatic carbocycles. The second kappa shape index (κ2) is 6.75. The van der Waals surface area contributed by atoms with Crippen LogP contribution in [0.15, 0.2) is 36.7 Å². The van der Waals surface area contributed by atoms with Crippen LogP contribution >= 0.6 is 0 Å². The molecule has 1 fully saturated rings. The van der Waals surface area contributed by atoms with E-state index in [2.05, 4.69) is 34.8 Å². The zero-order chi connectivity index (χ0) is 15.4. The van der Waals surface area contributed by atoms with Gasteiger partial charge in [-0.2, -0.15) is 5.10 Å². The summed E-state index contributed by atoms with van der Waals surface area (Å²) in [7, 11) is 0. The minimum absolute atomic E-state index is 0.122. The first-order chi connectivity index (χ1) is 10.7. The van der Waals surface area contributed by atoms with Gasteiger partial charge in [0.05, 0.1) is 11.9 Å². The first-order valence-electron chi connectivity index (χ1n) is 7.79. The Kier molecular flexibility index (Phi) is 4.53. The summed E-state index contributed by atoms with van der Waals surface area (Å²) in [6, 6.07) is 8.19. The van der Waals surface area contributed by atoms with Gasteiger partial charge in [0.15, 0.2) is 0 Å². The molecule has 0 saturated carbocycles. The Labute approximate surface area is 130 Å². The van der Waals surface area contributed by atoms with Crippen molar-refractivity contribution >= 4 is 5.91 Å². The quantitative estimate of drug-likeness (QED) is 0.885. The van der Waals surface area contributed by atoms with Gasteiger partial charge in [0.2, 0.25) is 5.91 Å². The minimum Gasteiger partial charge on any atom is -0.352 e. The van der Waals surface area contributed by atoms with Gasteiger partial charge < -0.3 is 10.6 Å². The van der Waals surface area contributed by atoms with Gasteiger partial charge in [0, 0.05) is 24.7 Å². The molecule has 22 heavy (non-hydrogen) atoms. The molecule has 116 valence electrons. The third-order valence-corrected chi connectivity index (χ3v) is 4.03. The molecule has 0 radical (unpaired) electrons. The van der Waals surface area contributed by atoms with Crippen molar-refractivity contribution < 1.29 is 4.79 Å². The van der Waals surface area contributed by atoms with Gasteiger partial charge in [-0.3, -0.25) is 4.79 Å². The fourth-order valence-corrected chi connectivity index (χ4v) is 2.79. The van der Waals surface area contributed by atoms with E-state index < -0.39 is 0 Å². The zero-order valence-electron chi connectivity index (χ0n) is 12.9. The maximum Gasteiger partial charge on any atom is 0.220 e. The van der Waals surface area contributed by atoms with Gasteiger partial charge in [0.25, 0.3) is 0 Å². The molecule has 0 spiro atoms. The molecule has 0 unspecified atom stereocenters. The van der Waals surface area contributed by atoms with E-state index in [0.29, 0.717) is 18.9 Å². The van der Waals surface area contributed by atoms with Crippen LogP contribution in [0.5, 0.6) is 0 Å². The number of aromatic nitrogens is 2. The molecular weight excluding hydrogens is 276 g/mol. The highest BCUT2D eigenvalue weighted by atomic mass is 16.1. The standard InChI is InChI=1S/C17H22N4O/c1-13-3-2-4-16(7-13)21-12-15(11-20-21)10-19-17(22)8-14-5-6-18-9-14/h2-4,7,11-12,14,18H,5-6,8-10H2,1H3,(H,19,22)/t14-/m1/s1. The lowest BCUT2D eigenvalue weighted by Gasteiger charge is -2.08. The summed E-state index contributed by atoms with van der Waals surface area (Å²) in [5.74, 6) is 0.604. The molecule has 5 nitrogen and oxygen atoms in total. The molecule has 5 heteroatoms. The van der Waals surface area contributed by atoms with Crippen LogP contribution in [0.2, 0.25) is 0 Å². The summed E-state index contributed by atoms with van der Waals surface area (Å²) in [6.07, 6.45) is 5.48. The molecule has 1 amide bonds. The number of aryl methyl sites for hydroxylation is 1. The fraction of sp³-hybridized carbons (Fsp3) is 0.412. The second-order valence-corrected chi connectivity index (χ2v) is 5.97. The Balaban J connectivity index is 1.54. The number of carbonyl (C=O) groups excluding carboxylic acids is 1. The summed E-state index contributed by atoms with van der Waals surface area (Å²) in [6.45, 7) is 4.58. The van der Waals surface area contributed by atoms with Crippen LogP contribution in [-0.4, -0.2) is 28.8 Å². The molecule has 2 aromatic rings. The van der Waals surface area contributed by atoms with Crippen LogP contribution in [0, 0.1) is 12.8 Å². The maximum atomic E-state index is 11.9. The number of amides is 1. The van der Waals surface area contributed by atoms with Crippen molar-refractivity contribution in [1.82, 2.24) is 20.4 Å². The monoisotopic (exact) mass is 298 g/mol. The largest absolute Gasteiger partial charge is 0.352 e.